The first kappa shape index (κ1) is 14.0. The van der Waals surface area contributed by atoms with Crippen molar-refractivity contribution in [3.8, 4) is 5.75 Å². The lowest BCUT2D eigenvalue weighted by Crippen LogP contribution is -2.06. The van der Waals surface area contributed by atoms with Gasteiger partial charge in [0.15, 0.2) is 5.78 Å². The Morgan fingerprint density at radius 3 is 2.65 bits per heavy atom. The van der Waals surface area contributed by atoms with E-state index in [9.17, 15) is 4.79 Å². The molecule has 0 saturated heterocycles. The maximum atomic E-state index is 11.7. The molecule has 0 fully saturated rings. The summed E-state index contributed by atoms with van der Waals surface area (Å²) in [6.45, 7) is 6.81. The quantitative estimate of drug-likeness (QED) is 0.570. The Balaban J connectivity index is 2.75. The second-order valence-electron chi connectivity index (χ2n) is 4.54. The standard InChI is InChI=1S/C14H19ClO2/c1-10(2)9-17-12-4-5-13(11(3)8-12)14(16)6-7-15/h4-5,8,10H,6-7,9H2,1-3H3. The predicted molar refractivity (Wildman–Crippen MR) is 71.2 cm³/mol. The van der Waals surface area contributed by atoms with E-state index in [2.05, 4.69) is 13.8 Å². The van der Waals surface area contributed by atoms with Crippen LogP contribution in [-0.2, 0) is 0 Å². The first-order valence-corrected chi connectivity index (χ1v) is 6.40. The minimum absolute atomic E-state index is 0.0907. The number of rotatable bonds is 6. The second kappa shape index (κ2) is 6.65. The summed E-state index contributed by atoms with van der Waals surface area (Å²) in [4.78, 5) is 11.7. The molecule has 94 valence electrons. The molecule has 0 aromatic heterocycles. The van der Waals surface area contributed by atoms with Crippen molar-refractivity contribution in [1.29, 1.82) is 0 Å². The van der Waals surface area contributed by atoms with Crippen LogP contribution in [0.5, 0.6) is 5.75 Å². The van der Waals surface area contributed by atoms with E-state index >= 15 is 0 Å². The van der Waals surface area contributed by atoms with Crippen LogP contribution >= 0.6 is 11.6 Å². The lowest BCUT2D eigenvalue weighted by atomic mass is 10.0. The van der Waals surface area contributed by atoms with Gasteiger partial charge in [-0.3, -0.25) is 4.79 Å². The zero-order valence-electron chi connectivity index (χ0n) is 10.6. The molecule has 0 radical (unpaired) electrons. The summed E-state index contributed by atoms with van der Waals surface area (Å²) in [5, 5.41) is 0. The van der Waals surface area contributed by atoms with E-state index in [0.29, 0.717) is 24.8 Å². The zero-order chi connectivity index (χ0) is 12.8. The molecule has 0 unspecified atom stereocenters. The highest BCUT2D eigenvalue weighted by Crippen LogP contribution is 2.19. The second-order valence-corrected chi connectivity index (χ2v) is 4.92. The average molecular weight is 255 g/mol. The van der Waals surface area contributed by atoms with Crippen LogP contribution in [0.3, 0.4) is 0 Å². The number of Topliss-reactive ketones (excluding diaryl/α,β-unsaturated/α-hetero) is 1. The Hall–Kier alpha value is -1.02. The number of alkyl halides is 1. The Morgan fingerprint density at radius 1 is 1.41 bits per heavy atom. The summed E-state index contributed by atoms with van der Waals surface area (Å²) in [5.74, 6) is 1.77. The average Bonchev–Trinajstić information content (AvgIpc) is 2.26. The lowest BCUT2D eigenvalue weighted by molar-refractivity contribution is 0.0988. The fourth-order valence-corrected chi connectivity index (χ4v) is 1.69. The van der Waals surface area contributed by atoms with Crippen LogP contribution in [0.1, 0.15) is 36.2 Å². The first-order valence-electron chi connectivity index (χ1n) is 5.87. The van der Waals surface area contributed by atoms with E-state index < -0.39 is 0 Å². The number of carbonyl (C=O) groups excluding carboxylic acids is 1. The summed E-state index contributed by atoms with van der Waals surface area (Å²) < 4.78 is 5.61. The van der Waals surface area contributed by atoms with Gasteiger partial charge >= 0.3 is 0 Å². The van der Waals surface area contributed by atoms with Crippen LogP contribution in [0.15, 0.2) is 18.2 Å². The third-order valence-electron chi connectivity index (χ3n) is 2.40. The molecule has 0 spiro atoms. The molecule has 0 aliphatic rings. The van der Waals surface area contributed by atoms with Crippen molar-refractivity contribution in [3.05, 3.63) is 29.3 Å². The molecule has 17 heavy (non-hydrogen) atoms. The van der Waals surface area contributed by atoms with Gasteiger partial charge in [0.05, 0.1) is 6.61 Å². The number of carbonyl (C=O) groups is 1. The Labute approximate surface area is 108 Å². The fourth-order valence-electron chi connectivity index (χ4n) is 1.52. The fraction of sp³-hybridized carbons (Fsp3) is 0.500. The minimum atomic E-state index is 0.0907. The van der Waals surface area contributed by atoms with Gasteiger partial charge in [-0.2, -0.15) is 0 Å². The van der Waals surface area contributed by atoms with E-state index in [-0.39, 0.29) is 5.78 Å². The van der Waals surface area contributed by atoms with Gasteiger partial charge in [0.2, 0.25) is 0 Å². The number of ether oxygens (including phenoxy) is 1. The number of ketones is 1. The molecule has 1 aromatic carbocycles. The van der Waals surface area contributed by atoms with E-state index in [4.69, 9.17) is 16.3 Å². The molecule has 0 aliphatic heterocycles. The normalized spacial score (nSPS) is 10.6. The Morgan fingerprint density at radius 2 is 2.12 bits per heavy atom. The zero-order valence-corrected chi connectivity index (χ0v) is 11.4. The number of hydrogen-bond donors (Lipinski definition) is 0. The van der Waals surface area contributed by atoms with Gasteiger partial charge in [-0.25, -0.2) is 0 Å². The first-order chi connectivity index (χ1) is 8.04. The molecule has 0 atom stereocenters. The molecule has 3 heteroatoms. The van der Waals surface area contributed by atoms with Gasteiger partial charge < -0.3 is 4.74 Å². The summed E-state index contributed by atoms with van der Waals surface area (Å²) in [6, 6.07) is 5.57. The third-order valence-corrected chi connectivity index (χ3v) is 2.59. The topological polar surface area (TPSA) is 26.3 Å². The van der Waals surface area contributed by atoms with Crippen molar-refractivity contribution in [3.63, 3.8) is 0 Å². The molecule has 0 saturated carbocycles. The summed E-state index contributed by atoms with van der Waals surface area (Å²) in [5.41, 5.74) is 1.68. The number of hydrogen-bond acceptors (Lipinski definition) is 2. The molecule has 0 amide bonds. The van der Waals surface area contributed by atoms with Crippen molar-refractivity contribution in [2.24, 2.45) is 5.92 Å². The minimum Gasteiger partial charge on any atom is -0.493 e. The predicted octanol–water partition coefficient (Wildman–Crippen LogP) is 3.84. The van der Waals surface area contributed by atoms with Crippen molar-refractivity contribution >= 4 is 17.4 Å². The van der Waals surface area contributed by atoms with Crippen LogP contribution in [0.2, 0.25) is 0 Å². The lowest BCUT2D eigenvalue weighted by Gasteiger charge is -2.11. The van der Waals surface area contributed by atoms with Gasteiger partial charge in [-0.1, -0.05) is 13.8 Å². The number of benzene rings is 1. The van der Waals surface area contributed by atoms with Gasteiger partial charge in [0.1, 0.15) is 5.75 Å². The van der Waals surface area contributed by atoms with Crippen LogP contribution in [-0.4, -0.2) is 18.3 Å². The largest absolute Gasteiger partial charge is 0.493 e. The van der Waals surface area contributed by atoms with Gasteiger partial charge in [0.25, 0.3) is 0 Å². The maximum Gasteiger partial charge on any atom is 0.164 e. The molecule has 1 rings (SSSR count). The number of aryl methyl sites for hydroxylation is 1. The third kappa shape index (κ3) is 4.39. The molecule has 1 aromatic rings. The van der Waals surface area contributed by atoms with Crippen molar-refractivity contribution in [1.82, 2.24) is 0 Å². The molecule has 0 aliphatic carbocycles. The Kier molecular flexibility index (Phi) is 5.49. The molecule has 0 bridgehead atoms. The van der Waals surface area contributed by atoms with E-state index in [0.717, 1.165) is 16.9 Å². The number of halogens is 1. The molecule has 2 nitrogen and oxygen atoms in total. The summed E-state index contributed by atoms with van der Waals surface area (Å²) in [7, 11) is 0. The van der Waals surface area contributed by atoms with Crippen LogP contribution < -0.4 is 4.74 Å². The van der Waals surface area contributed by atoms with Gasteiger partial charge in [-0.15, -0.1) is 11.6 Å². The summed E-state index contributed by atoms with van der Waals surface area (Å²) in [6.07, 6.45) is 0.384. The SMILES string of the molecule is Cc1cc(OCC(C)C)ccc1C(=O)CCCl. The highest BCUT2D eigenvalue weighted by atomic mass is 35.5. The molecular formula is C14H19ClO2. The van der Waals surface area contributed by atoms with E-state index in [1.165, 1.54) is 0 Å². The maximum absolute atomic E-state index is 11.7. The van der Waals surface area contributed by atoms with Crippen molar-refractivity contribution in [2.75, 3.05) is 12.5 Å². The molecular weight excluding hydrogens is 236 g/mol. The molecule has 0 heterocycles. The smallest absolute Gasteiger partial charge is 0.164 e. The highest BCUT2D eigenvalue weighted by molar-refractivity contribution is 6.19. The van der Waals surface area contributed by atoms with E-state index in [1.54, 1.807) is 0 Å². The van der Waals surface area contributed by atoms with Crippen LogP contribution in [0, 0.1) is 12.8 Å². The monoisotopic (exact) mass is 254 g/mol. The van der Waals surface area contributed by atoms with Gasteiger partial charge in [0, 0.05) is 17.9 Å². The van der Waals surface area contributed by atoms with E-state index in [1.807, 2.05) is 25.1 Å². The molecule has 0 N–H and O–H groups in total. The summed E-state index contributed by atoms with van der Waals surface area (Å²) >= 11 is 5.57. The van der Waals surface area contributed by atoms with Gasteiger partial charge in [-0.05, 0) is 36.6 Å². The van der Waals surface area contributed by atoms with Crippen LogP contribution in [0.4, 0.5) is 0 Å². The highest BCUT2D eigenvalue weighted by Gasteiger charge is 2.09. The Bertz CT molecular complexity index is 386. The van der Waals surface area contributed by atoms with Crippen molar-refractivity contribution in [2.45, 2.75) is 27.2 Å². The van der Waals surface area contributed by atoms with Crippen molar-refractivity contribution < 1.29 is 9.53 Å². The van der Waals surface area contributed by atoms with Crippen LogP contribution in [0.25, 0.3) is 0 Å².